The molecular formula is C50H32N2. The van der Waals surface area contributed by atoms with Gasteiger partial charge in [-0.2, -0.15) is 0 Å². The molecular weight excluding hydrogens is 629 g/mol. The Hall–Kier alpha value is -6.90. The molecule has 0 aliphatic rings. The van der Waals surface area contributed by atoms with Gasteiger partial charge in [0.15, 0.2) is 0 Å². The molecule has 0 spiro atoms. The zero-order valence-electron chi connectivity index (χ0n) is 28.4. The van der Waals surface area contributed by atoms with Gasteiger partial charge in [0.25, 0.3) is 0 Å². The summed E-state index contributed by atoms with van der Waals surface area (Å²) in [6, 6.07) is 71.0. The average Bonchev–Trinajstić information content (AvgIpc) is 3.72. The molecule has 0 aliphatic carbocycles. The van der Waals surface area contributed by atoms with Gasteiger partial charge in [-0.25, -0.2) is 0 Å². The largest absolute Gasteiger partial charge is 0.309 e. The van der Waals surface area contributed by atoms with Crippen LogP contribution in [0, 0.1) is 0 Å². The maximum absolute atomic E-state index is 2.49. The minimum atomic E-state index is 1.15. The molecule has 2 heteroatoms. The maximum Gasteiger partial charge on any atom is 0.0549 e. The maximum atomic E-state index is 2.49. The molecule has 52 heavy (non-hydrogen) atoms. The molecule has 0 unspecified atom stereocenters. The highest BCUT2D eigenvalue weighted by Crippen LogP contribution is 2.42. The Morgan fingerprint density at radius 2 is 0.750 bits per heavy atom. The van der Waals surface area contributed by atoms with Crippen molar-refractivity contribution < 1.29 is 0 Å². The number of hydrogen-bond acceptors (Lipinski definition) is 0. The second kappa shape index (κ2) is 11.3. The van der Waals surface area contributed by atoms with Crippen molar-refractivity contribution in [2.45, 2.75) is 0 Å². The summed E-state index contributed by atoms with van der Waals surface area (Å²) in [6.07, 6.45) is 0. The smallest absolute Gasteiger partial charge is 0.0549 e. The van der Waals surface area contributed by atoms with E-state index in [0.29, 0.717) is 0 Å². The minimum absolute atomic E-state index is 1.15. The Labute approximate surface area is 301 Å². The number of para-hydroxylation sites is 2. The van der Waals surface area contributed by atoms with Crippen molar-refractivity contribution in [3.63, 3.8) is 0 Å². The quantitative estimate of drug-likeness (QED) is 0.166. The van der Waals surface area contributed by atoms with Gasteiger partial charge in [-0.15, -0.1) is 0 Å². The molecule has 242 valence electrons. The average molecular weight is 661 g/mol. The van der Waals surface area contributed by atoms with Gasteiger partial charge in [-0.05, 0) is 80.9 Å². The molecule has 11 rings (SSSR count). The second-order valence-corrected chi connectivity index (χ2v) is 13.7. The molecule has 2 heterocycles. The summed E-state index contributed by atoms with van der Waals surface area (Å²) in [5.74, 6) is 0. The van der Waals surface area contributed by atoms with Gasteiger partial charge in [0.2, 0.25) is 0 Å². The fourth-order valence-electron chi connectivity index (χ4n) is 8.50. The van der Waals surface area contributed by atoms with Crippen molar-refractivity contribution in [3.8, 4) is 33.6 Å². The van der Waals surface area contributed by atoms with Crippen LogP contribution in [0.15, 0.2) is 194 Å². The van der Waals surface area contributed by atoms with Crippen LogP contribution in [0.25, 0.3) is 98.8 Å². The predicted molar refractivity (Wildman–Crippen MR) is 221 cm³/mol. The van der Waals surface area contributed by atoms with Crippen molar-refractivity contribution in [3.05, 3.63) is 194 Å². The lowest BCUT2D eigenvalue weighted by atomic mass is 10.00. The Morgan fingerprint density at radius 1 is 0.250 bits per heavy atom. The van der Waals surface area contributed by atoms with Crippen LogP contribution >= 0.6 is 0 Å². The van der Waals surface area contributed by atoms with E-state index in [4.69, 9.17) is 0 Å². The molecule has 11 aromatic rings. The van der Waals surface area contributed by atoms with Gasteiger partial charge in [-0.1, -0.05) is 152 Å². The van der Waals surface area contributed by atoms with Crippen molar-refractivity contribution in [1.82, 2.24) is 9.13 Å². The fraction of sp³-hybridized carbons (Fsp3) is 0. The number of aromatic nitrogens is 2. The van der Waals surface area contributed by atoms with Crippen molar-refractivity contribution in [1.29, 1.82) is 0 Å². The molecule has 0 N–H and O–H groups in total. The zero-order chi connectivity index (χ0) is 34.2. The third-order valence-corrected chi connectivity index (χ3v) is 10.9. The van der Waals surface area contributed by atoms with E-state index >= 15 is 0 Å². The summed E-state index contributed by atoms with van der Waals surface area (Å²) in [4.78, 5) is 0. The first kappa shape index (κ1) is 28.9. The van der Waals surface area contributed by atoms with Crippen molar-refractivity contribution in [2.75, 3.05) is 0 Å². The highest BCUT2D eigenvalue weighted by Gasteiger charge is 2.20. The molecule has 0 bridgehead atoms. The Bertz CT molecular complexity index is 3160. The van der Waals surface area contributed by atoms with Gasteiger partial charge >= 0.3 is 0 Å². The van der Waals surface area contributed by atoms with Gasteiger partial charge < -0.3 is 9.13 Å². The molecule has 2 aromatic heterocycles. The van der Waals surface area contributed by atoms with Crippen LogP contribution in [0.3, 0.4) is 0 Å². The van der Waals surface area contributed by atoms with Crippen LogP contribution in [0.1, 0.15) is 0 Å². The summed E-state index contributed by atoms with van der Waals surface area (Å²) < 4.78 is 4.94. The Morgan fingerprint density at radius 3 is 1.46 bits per heavy atom. The number of benzene rings is 9. The molecule has 0 fully saturated rings. The molecule has 0 radical (unpaired) electrons. The predicted octanol–water partition coefficient (Wildman–Crippen LogP) is 13.5. The first-order chi connectivity index (χ1) is 25.8. The van der Waals surface area contributed by atoms with E-state index in [1.165, 1.54) is 93.1 Å². The van der Waals surface area contributed by atoms with Crippen LogP contribution in [-0.4, -0.2) is 9.13 Å². The van der Waals surface area contributed by atoms with E-state index in [9.17, 15) is 0 Å². The topological polar surface area (TPSA) is 9.86 Å². The van der Waals surface area contributed by atoms with Crippen LogP contribution in [0.2, 0.25) is 0 Å². The minimum Gasteiger partial charge on any atom is -0.309 e. The fourth-order valence-corrected chi connectivity index (χ4v) is 8.50. The lowest BCUT2D eigenvalue weighted by Gasteiger charge is -2.14. The first-order valence-corrected chi connectivity index (χ1v) is 17.9. The third-order valence-electron chi connectivity index (χ3n) is 10.9. The molecule has 0 saturated carbocycles. The van der Waals surface area contributed by atoms with Gasteiger partial charge in [0.05, 0.1) is 27.8 Å². The molecule has 2 nitrogen and oxygen atoms in total. The zero-order valence-corrected chi connectivity index (χ0v) is 28.4. The van der Waals surface area contributed by atoms with E-state index < -0.39 is 0 Å². The van der Waals surface area contributed by atoms with E-state index in [0.717, 1.165) is 5.69 Å². The summed E-state index contributed by atoms with van der Waals surface area (Å²) in [6.45, 7) is 0. The molecule has 9 aromatic carbocycles. The van der Waals surface area contributed by atoms with Gasteiger partial charge in [0, 0.05) is 32.6 Å². The van der Waals surface area contributed by atoms with Crippen LogP contribution in [-0.2, 0) is 0 Å². The van der Waals surface area contributed by atoms with Crippen molar-refractivity contribution >= 4 is 65.2 Å². The van der Waals surface area contributed by atoms with E-state index in [1.807, 2.05) is 0 Å². The van der Waals surface area contributed by atoms with E-state index in [2.05, 4.69) is 203 Å². The summed E-state index contributed by atoms with van der Waals surface area (Å²) in [5.41, 5.74) is 12.0. The molecule has 0 atom stereocenters. The normalized spacial score (nSPS) is 11.8. The standard InChI is InChI=1S/C50H32N2/c1-2-13-33(14-3-1)34-25-27-35(28-26-34)36-16-12-17-38(29-36)51-46-23-10-8-21-42(46)44-32-50-45(31-49(44)51)43-22-9-11-24-47(43)52(50)48-30-37-15-4-5-18-39(37)40-19-6-7-20-41(40)48/h1-32H. The summed E-state index contributed by atoms with van der Waals surface area (Å²) >= 11 is 0. The van der Waals surface area contributed by atoms with E-state index in [-0.39, 0.29) is 0 Å². The number of nitrogens with zero attached hydrogens (tertiary/aromatic N) is 2. The molecule has 0 aliphatic heterocycles. The Kier molecular flexibility index (Phi) is 6.28. The SMILES string of the molecule is c1ccc(-c2ccc(-c3cccc(-n4c5ccccc5c5cc6c(cc54)c4ccccc4n6-c4cc5ccccc5c5ccccc45)c3)cc2)cc1. The molecule has 0 saturated heterocycles. The van der Waals surface area contributed by atoms with Gasteiger partial charge in [-0.3, -0.25) is 0 Å². The van der Waals surface area contributed by atoms with Crippen LogP contribution < -0.4 is 0 Å². The lowest BCUT2D eigenvalue weighted by molar-refractivity contribution is 1.18. The summed E-state index contributed by atoms with van der Waals surface area (Å²) in [7, 11) is 0. The third kappa shape index (κ3) is 4.31. The molecule has 0 amide bonds. The first-order valence-electron chi connectivity index (χ1n) is 17.9. The number of hydrogen-bond donors (Lipinski definition) is 0. The second-order valence-electron chi connectivity index (χ2n) is 13.7. The monoisotopic (exact) mass is 660 g/mol. The number of rotatable bonds is 4. The van der Waals surface area contributed by atoms with E-state index in [1.54, 1.807) is 0 Å². The highest BCUT2D eigenvalue weighted by atomic mass is 15.0. The highest BCUT2D eigenvalue weighted by molar-refractivity contribution is 6.20. The van der Waals surface area contributed by atoms with Crippen LogP contribution in [0.5, 0.6) is 0 Å². The van der Waals surface area contributed by atoms with Crippen LogP contribution in [0.4, 0.5) is 0 Å². The van der Waals surface area contributed by atoms with Gasteiger partial charge in [0.1, 0.15) is 0 Å². The Balaban J connectivity index is 1.16. The lowest BCUT2D eigenvalue weighted by Crippen LogP contribution is -1.96. The number of fused-ring (bicyclic) bond motifs is 9. The van der Waals surface area contributed by atoms with Crippen molar-refractivity contribution in [2.24, 2.45) is 0 Å². The summed E-state index contributed by atoms with van der Waals surface area (Å²) in [5, 5.41) is 10.0.